The Hall–Kier alpha value is -0.910. The minimum atomic E-state index is -3.29. The summed E-state index contributed by atoms with van der Waals surface area (Å²) in [6.07, 6.45) is 0.459. The van der Waals surface area contributed by atoms with Crippen molar-refractivity contribution in [2.24, 2.45) is 11.5 Å². The highest BCUT2D eigenvalue weighted by Gasteiger charge is 2.58. The summed E-state index contributed by atoms with van der Waals surface area (Å²) >= 11 is 0. The molecule has 5 heteroatoms. The number of hydrogen-bond acceptors (Lipinski definition) is 4. The molecule has 0 aliphatic heterocycles. The fraction of sp³-hybridized carbons (Fsp3) is 0.400. The standard InChI is InChI=1S/C10H14N2O2S/c11-7-10(12)6-9(10)15(13,14)8-4-2-1-3-5-8/h1-5,9H,6-7,11-12H2/t9-,10+/m0/s1. The average molecular weight is 226 g/mol. The van der Waals surface area contributed by atoms with Crippen LogP contribution in [0.5, 0.6) is 0 Å². The summed E-state index contributed by atoms with van der Waals surface area (Å²) in [7, 11) is -3.29. The van der Waals surface area contributed by atoms with Gasteiger partial charge in [0.2, 0.25) is 0 Å². The summed E-state index contributed by atoms with van der Waals surface area (Å²) in [6, 6.07) is 8.37. The lowest BCUT2D eigenvalue weighted by molar-refractivity contribution is 0.586. The predicted molar refractivity (Wildman–Crippen MR) is 58.0 cm³/mol. The molecule has 2 atom stereocenters. The molecule has 4 N–H and O–H groups in total. The zero-order valence-corrected chi connectivity index (χ0v) is 9.07. The van der Waals surface area contributed by atoms with Crippen molar-refractivity contribution in [3.05, 3.63) is 30.3 Å². The molecule has 0 amide bonds. The van der Waals surface area contributed by atoms with Gasteiger partial charge in [-0.05, 0) is 18.6 Å². The lowest BCUT2D eigenvalue weighted by atomic mass is 10.3. The molecule has 1 saturated carbocycles. The Kier molecular flexibility index (Phi) is 2.33. The summed E-state index contributed by atoms with van der Waals surface area (Å²) in [5.41, 5.74) is 10.5. The van der Waals surface area contributed by atoms with E-state index in [-0.39, 0.29) is 6.54 Å². The molecular weight excluding hydrogens is 212 g/mol. The van der Waals surface area contributed by atoms with E-state index in [1.165, 1.54) is 0 Å². The van der Waals surface area contributed by atoms with Crippen LogP contribution in [-0.2, 0) is 9.84 Å². The number of hydrogen-bond donors (Lipinski definition) is 2. The van der Waals surface area contributed by atoms with E-state index in [0.29, 0.717) is 11.3 Å². The van der Waals surface area contributed by atoms with Crippen molar-refractivity contribution in [1.29, 1.82) is 0 Å². The average Bonchev–Trinajstić information content (AvgIpc) is 2.94. The largest absolute Gasteiger partial charge is 0.329 e. The van der Waals surface area contributed by atoms with Crippen molar-refractivity contribution < 1.29 is 8.42 Å². The van der Waals surface area contributed by atoms with Gasteiger partial charge in [-0.25, -0.2) is 8.42 Å². The maximum atomic E-state index is 12.0. The third kappa shape index (κ3) is 1.67. The summed E-state index contributed by atoms with van der Waals surface area (Å²) < 4.78 is 24.1. The van der Waals surface area contributed by atoms with Crippen LogP contribution in [0.4, 0.5) is 0 Å². The van der Waals surface area contributed by atoms with Crippen LogP contribution in [0, 0.1) is 0 Å². The lowest BCUT2D eigenvalue weighted by Gasteiger charge is -2.08. The molecule has 0 heterocycles. The van der Waals surface area contributed by atoms with Gasteiger partial charge in [0.25, 0.3) is 0 Å². The second-order valence-electron chi connectivity index (χ2n) is 3.99. The molecule has 4 nitrogen and oxygen atoms in total. The highest BCUT2D eigenvalue weighted by Crippen LogP contribution is 2.41. The Morgan fingerprint density at radius 3 is 2.40 bits per heavy atom. The first-order valence-corrected chi connectivity index (χ1v) is 6.33. The van der Waals surface area contributed by atoms with Crippen LogP contribution in [0.2, 0.25) is 0 Å². The van der Waals surface area contributed by atoms with E-state index < -0.39 is 20.6 Å². The maximum absolute atomic E-state index is 12.0. The van der Waals surface area contributed by atoms with Crippen molar-refractivity contribution in [1.82, 2.24) is 0 Å². The highest BCUT2D eigenvalue weighted by molar-refractivity contribution is 7.92. The molecule has 1 aliphatic carbocycles. The van der Waals surface area contributed by atoms with E-state index >= 15 is 0 Å². The van der Waals surface area contributed by atoms with Crippen LogP contribution in [-0.4, -0.2) is 25.8 Å². The van der Waals surface area contributed by atoms with Crippen LogP contribution in [0.3, 0.4) is 0 Å². The van der Waals surface area contributed by atoms with E-state index in [2.05, 4.69) is 0 Å². The van der Waals surface area contributed by atoms with Crippen molar-refractivity contribution in [3.63, 3.8) is 0 Å². The predicted octanol–water partition coefficient (Wildman–Crippen LogP) is -0.111. The highest BCUT2D eigenvalue weighted by atomic mass is 32.2. The maximum Gasteiger partial charge on any atom is 0.183 e. The Labute approximate surface area is 89.2 Å². The number of nitrogens with two attached hydrogens (primary N) is 2. The molecule has 15 heavy (non-hydrogen) atoms. The topological polar surface area (TPSA) is 86.2 Å². The van der Waals surface area contributed by atoms with Gasteiger partial charge in [-0.3, -0.25) is 0 Å². The SMILES string of the molecule is NC[C@]1(N)C[C@@H]1S(=O)(=O)c1ccccc1. The van der Waals surface area contributed by atoms with Crippen LogP contribution in [0.1, 0.15) is 6.42 Å². The lowest BCUT2D eigenvalue weighted by Crippen LogP contribution is -2.38. The molecule has 0 radical (unpaired) electrons. The monoisotopic (exact) mass is 226 g/mol. The van der Waals surface area contributed by atoms with Gasteiger partial charge in [-0.15, -0.1) is 0 Å². The Bertz CT molecular complexity index is 458. The molecule has 1 fully saturated rings. The molecule has 0 unspecified atom stereocenters. The zero-order chi connectivity index (χ0) is 11.1. The van der Waals surface area contributed by atoms with Crippen molar-refractivity contribution in [2.45, 2.75) is 22.1 Å². The second kappa shape index (κ2) is 3.30. The van der Waals surface area contributed by atoms with Gasteiger partial charge in [0.1, 0.15) is 0 Å². The first kappa shape index (κ1) is 10.6. The third-order valence-corrected chi connectivity index (χ3v) is 5.19. The van der Waals surface area contributed by atoms with Gasteiger partial charge in [0.15, 0.2) is 9.84 Å². The molecule has 2 rings (SSSR count). The van der Waals surface area contributed by atoms with Crippen molar-refractivity contribution in [2.75, 3.05) is 6.54 Å². The molecule has 0 aromatic heterocycles. The minimum absolute atomic E-state index is 0.212. The Morgan fingerprint density at radius 1 is 1.33 bits per heavy atom. The van der Waals surface area contributed by atoms with E-state index in [0.717, 1.165) is 0 Å². The van der Waals surface area contributed by atoms with Crippen LogP contribution >= 0.6 is 0 Å². The molecular formula is C10H14N2O2S. The third-order valence-electron chi connectivity index (χ3n) is 2.87. The quantitative estimate of drug-likeness (QED) is 0.753. The smallest absolute Gasteiger partial charge is 0.183 e. The van der Waals surface area contributed by atoms with Gasteiger partial charge in [-0.1, -0.05) is 18.2 Å². The number of sulfone groups is 1. The van der Waals surface area contributed by atoms with Crippen LogP contribution in [0.25, 0.3) is 0 Å². The summed E-state index contributed by atoms with van der Waals surface area (Å²) in [5, 5.41) is -0.516. The zero-order valence-electron chi connectivity index (χ0n) is 8.26. The fourth-order valence-corrected chi connectivity index (χ4v) is 3.80. The van der Waals surface area contributed by atoms with E-state index in [4.69, 9.17) is 11.5 Å². The molecule has 0 saturated heterocycles. The van der Waals surface area contributed by atoms with Gasteiger partial charge in [-0.2, -0.15) is 0 Å². The molecule has 0 spiro atoms. The molecule has 1 aliphatic rings. The van der Waals surface area contributed by atoms with E-state index in [1.807, 2.05) is 0 Å². The van der Waals surface area contributed by atoms with Gasteiger partial charge < -0.3 is 11.5 Å². The summed E-state index contributed by atoms with van der Waals surface area (Å²) in [6.45, 7) is 0.212. The van der Waals surface area contributed by atoms with E-state index in [9.17, 15) is 8.42 Å². The van der Waals surface area contributed by atoms with Gasteiger partial charge >= 0.3 is 0 Å². The Morgan fingerprint density at radius 2 is 1.93 bits per heavy atom. The first-order chi connectivity index (χ1) is 7.00. The van der Waals surface area contributed by atoms with Gasteiger partial charge in [0, 0.05) is 12.1 Å². The fourth-order valence-electron chi connectivity index (χ4n) is 1.69. The van der Waals surface area contributed by atoms with Crippen molar-refractivity contribution in [3.8, 4) is 0 Å². The molecule has 82 valence electrons. The normalized spacial score (nSPS) is 30.1. The molecule has 1 aromatic carbocycles. The summed E-state index contributed by atoms with van der Waals surface area (Å²) in [4.78, 5) is 0.329. The van der Waals surface area contributed by atoms with Crippen molar-refractivity contribution >= 4 is 9.84 Å². The number of benzene rings is 1. The Balaban J connectivity index is 2.32. The van der Waals surface area contributed by atoms with E-state index in [1.54, 1.807) is 30.3 Å². The number of rotatable bonds is 3. The van der Waals surface area contributed by atoms with Crippen LogP contribution < -0.4 is 11.5 Å². The minimum Gasteiger partial charge on any atom is -0.329 e. The second-order valence-corrected chi connectivity index (χ2v) is 6.12. The first-order valence-electron chi connectivity index (χ1n) is 4.78. The molecule has 1 aromatic rings. The summed E-state index contributed by atoms with van der Waals surface area (Å²) in [5.74, 6) is 0. The van der Waals surface area contributed by atoms with Crippen LogP contribution in [0.15, 0.2) is 35.2 Å². The molecule has 0 bridgehead atoms. The van der Waals surface area contributed by atoms with Gasteiger partial charge in [0.05, 0.1) is 10.1 Å².